The smallest absolute Gasteiger partial charge is 0.315 e. The monoisotopic (exact) mass is 288 g/mol. The molecule has 0 radical (unpaired) electrons. The summed E-state index contributed by atoms with van der Waals surface area (Å²) in [6.07, 6.45) is 4.68. The SMILES string of the molecule is CC(NC(=O)N[C@@H]1C=C[C@H](CO)C1)C(C)c1ccccc1. The van der Waals surface area contributed by atoms with Crippen LogP contribution in [0.1, 0.15) is 31.7 Å². The molecule has 2 rings (SSSR count). The lowest BCUT2D eigenvalue weighted by atomic mass is 9.94. The van der Waals surface area contributed by atoms with Crippen LogP contribution in [-0.2, 0) is 0 Å². The molecule has 2 amide bonds. The Kier molecular flexibility index (Phi) is 5.39. The number of nitrogens with one attached hydrogen (secondary N) is 2. The van der Waals surface area contributed by atoms with Gasteiger partial charge in [-0.05, 0) is 18.9 Å². The minimum Gasteiger partial charge on any atom is -0.396 e. The second-order valence-electron chi connectivity index (χ2n) is 5.78. The zero-order chi connectivity index (χ0) is 15.2. The van der Waals surface area contributed by atoms with E-state index in [0.717, 1.165) is 6.42 Å². The molecule has 0 heterocycles. The van der Waals surface area contributed by atoms with Gasteiger partial charge in [0, 0.05) is 30.5 Å². The van der Waals surface area contributed by atoms with Crippen molar-refractivity contribution in [3.8, 4) is 0 Å². The van der Waals surface area contributed by atoms with E-state index in [1.54, 1.807) is 0 Å². The van der Waals surface area contributed by atoms with Crippen molar-refractivity contribution in [2.24, 2.45) is 5.92 Å². The molecule has 0 aromatic heterocycles. The Hall–Kier alpha value is -1.81. The summed E-state index contributed by atoms with van der Waals surface area (Å²) in [7, 11) is 0. The Morgan fingerprint density at radius 1 is 1.29 bits per heavy atom. The van der Waals surface area contributed by atoms with Crippen LogP contribution >= 0.6 is 0 Å². The van der Waals surface area contributed by atoms with Gasteiger partial charge in [0.15, 0.2) is 0 Å². The van der Waals surface area contributed by atoms with Crippen molar-refractivity contribution in [2.45, 2.75) is 38.3 Å². The van der Waals surface area contributed by atoms with Crippen molar-refractivity contribution >= 4 is 6.03 Å². The third kappa shape index (κ3) is 4.33. The highest BCUT2D eigenvalue weighted by atomic mass is 16.3. The fourth-order valence-electron chi connectivity index (χ4n) is 2.60. The van der Waals surface area contributed by atoms with Crippen LogP contribution in [0.15, 0.2) is 42.5 Å². The molecule has 1 aromatic rings. The van der Waals surface area contributed by atoms with Crippen molar-refractivity contribution in [2.75, 3.05) is 6.61 Å². The molecule has 0 spiro atoms. The lowest BCUT2D eigenvalue weighted by molar-refractivity contribution is 0.228. The first kappa shape index (κ1) is 15.6. The molecule has 0 saturated heterocycles. The van der Waals surface area contributed by atoms with Crippen molar-refractivity contribution < 1.29 is 9.90 Å². The Balaban J connectivity index is 1.81. The maximum absolute atomic E-state index is 12.0. The van der Waals surface area contributed by atoms with Gasteiger partial charge in [-0.25, -0.2) is 4.79 Å². The van der Waals surface area contributed by atoms with Crippen molar-refractivity contribution in [1.82, 2.24) is 10.6 Å². The number of hydrogen-bond donors (Lipinski definition) is 3. The molecule has 4 heteroatoms. The van der Waals surface area contributed by atoms with E-state index in [-0.39, 0.29) is 36.6 Å². The number of carbonyl (C=O) groups excluding carboxylic acids is 1. The summed E-state index contributed by atoms with van der Waals surface area (Å²) in [5.41, 5.74) is 1.21. The second kappa shape index (κ2) is 7.27. The van der Waals surface area contributed by atoms with E-state index >= 15 is 0 Å². The first-order valence-corrected chi connectivity index (χ1v) is 7.51. The van der Waals surface area contributed by atoms with Gasteiger partial charge >= 0.3 is 6.03 Å². The van der Waals surface area contributed by atoms with E-state index in [1.807, 2.05) is 37.3 Å². The fourth-order valence-corrected chi connectivity index (χ4v) is 2.60. The summed E-state index contributed by atoms with van der Waals surface area (Å²) in [4.78, 5) is 12.0. The standard InChI is InChI=1S/C17H24N2O2/c1-12(15-6-4-3-5-7-15)13(2)18-17(21)19-16-9-8-14(10-16)11-20/h3-9,12-14,16,20H,10-11H2,1-2H3,(H2,18,19,21)/t12?,13?,14-,16+/m0/s1. The predicted octanol–water partition coefficient (Wildman–Crippen LogP) is 2.41. The molecule has 3 N–H and O–H groups in total. The zero-order valence-electron chi connectivity index (χ0n) is 12.6. The Bertz CT molecular complexity index is 487. The highest BCUT2D eigenvalue weighted by Gasteiger charge is 2.21. The van der Waals surface area contributed by atoms with Crippen LogP contribution in [0.5, 0.6) is 0 Å². The first-order chi connectivity index (χ1) is 10.1. The van der Waals surface area contributed by atoms with Gasteiger partial charge in [0.2, 0.25) is 0 Å². The van der Waals surface area contributed by atoms with Gasteiger partial charge in [-0.15, -0.1) is 0 Å². The summed E-state index contributed by atoms with van der Waals surface area (Å²) in [5.74, 6) is 0.414. The highest BCUT2D eigenvalue weighted by Crippen LogP contribution is 2.19. The van der Waals surface area contributed by atoms with Crippen LogP contribution in [0.3, 0.4) is 0 Å². The lowest BCUT2D eigenvalue weighted by Gasteiger charge is -2.23. The molecule has 0 fully saturated rings. The molecular weight excluding hydrogens is 264 g/mol. The molecule has 0 aliphatic heterocycles. The lowest BCUT2D eigenvalue weighted by Crippen LogP contribution is -2.46. The van der Waals surface area contributed by atoms with Crippen LogP contribution in [0.4, 0.5) is 4.79 Å². The quantitative estimate of drug-likeness (QED) is 0.729. The number of carbonyl (C=O) groups is 1. The zero-order valence-corrected chi connectivity index (χ0v) is 12.6. The van der Waals surface area contributed by atoms with Gasteiger partial charge in [-0.3, -0.25) is 0 Å². The summed E-state index contributed by atoms with van der Waals surface area (Å²) in [6, 6.07) is 10.1. The molecule has 2 unspecified atom stereocenters. The number of aliphatic hydroxyl groups excluding tert-OH is 1. The van der Waals surface area contributed by atoms with E-state index in [0.29, 0.717) is 0 Å². The first-order valence-electron chi connectivity index (χ1n) is 7.51. The molecule has 1 aromatic carbocycles. The summed E-state index contributed by atoms with van der Waals surface area (Å²) in [5, 5.41) is 15.0. The average Bonchev–Trinajstić information content (AvgIpc) is 2.94. The molecule has 114 valence electrons. The number of hydrogen-bond acceptors (Lipinski definition) is 2. The van der Waals surface area contributed by atoms with Crippen LogP contribution in [0.2, 0.25) is 0 Å². The van der Waals surface area contributed by atoms with Gasteiger partial charge in [-0.1, -0.05) is 49.4 Å². The number of benzene rings is 1. The average molecular weight is 288 g/mol. The second-order valence-corrected chi connectivity index (χ2v) is 5.78. The Morgan fingerprint density at radius 2 is 2.00 bits per heavy atom. The van der Waals surface area contributed by atoms with E-state index in [4.69, 9.17) is 5.11 Å². The van der Waals surface area contributed by atoms with E-state index in [1.165, 1.54) is 5.56 Å². The van der Waals surface area contributed by atoms with Crippen LogP contribution in [0, 0.1) is 5.92 Å². The molecule has 4 nitrogen and oxygen atoms in total. The Morgan fingerprint density at radius 3 is 2.62 bits per heavy atom. The number of rotatable bonds is 5. The number of urea groups is 1. The van der Waals surface area contributed by atoms with Crippen LogP contribution < -0.4 is 10.6 Å². The van der Waals surface area contributed by atoms with Crippen molar-refractivity contribution in [3.05, 3.63) is 48.0 Å². The van der Waals surface area contributed by atoms with Crippen LogP contribution in [-0.4, -0.2) is 29.8 Å². The minimum absolute atomic E-state index is 0.0152. The third-order valence-electron chi connectivity index (χ3n) is 4.16. The molecule has 4 atom stereocenters. The maximum Gasteiger partial charge on any atom is 0.315 e. The topological polar surface area (TPSA) is 61.4 Å². The summed E-state index contributed by atoms with van der Waals surface area (Å²) < 4.78 is 0. The molecule has 1 aliphatic rings. The van der Waals surface area contributed by atoms with Gasteiger partial charge in [-0.2, -0.15) is 0 Å². The maximum atomic E-state index is 12.0. The van der Waals surface area contributed by atoms with E-state index in [2.05, 4.69) is 29.7 Å². The summed E-state index contributed by atoms with van der Waals surface area (Å²) >= 11 is 0. The number of aliphatic hydroxyl groups is 1. The van der Waals surface area contributed by atoms with Gasteiger partial charge in [0.05, 0.1) is 0 Å². The number of amides is 2. The molecule has 0 bridgehead atoms. The molecular formula is C17H24N2O2. The van der Waals surface area contributed by atoms with Crippen molar-refractivity contribution in [1.29, 1.82) is 0 Å². The largest absolute Gasteiger partial charge is 0.396 e. The van der Waals surface area contributed by atoms with Crippen molar-refractivity contribution in [3.63, 3.8) is 0 Å². The van der Waals surface area contributed by atoms with Gasteiger partial charge < -0.3 is 15.7 Å². The molecule has 1 aliphatic carbocycles. The molecule has 21 heavy (non-hydrogen) atoms. The van der Waals surface area contributed by atoms with Gasteiger partial charge in [0.25, 0.3) is 0 Å². The minimum atomic E-state index is -0.154. The third-order valence-corrected chi connectivity index (χ3v) is 4.16. The predicted molar refractivity (Wildman–Crippen MR) is 84.1 cm³/mol. The van der Waals surface area contributed by atoms with E-state index in [9.17, 15) is 4.79 Å². The van der Waals surface area contributed by atoms with Crippen LogP contribution in [0.25, 0.3) is 0 Å². The fraction of sp³-hybridized carbons (Fsp3) is 0.471. The molecule has 0 saturated carbocycles. The normalized spacial score (nSPS) is 23.6. The van der Waals surface area contributed by atoms with E-state index < -0.39 is 0 Å². The highest BCUT2D eigenvalue weighted by molar-refractivity contribution is 5.75. The van der Waals surface area contributed by atoms with Gasteiger partial charge in [0.1, 0.15) is 0 Å². The Labute approximate surface area is 126 Å². The summed E-state index contributed by atoms with van der Waals surface area (Å²) in [6.45, 7) is 4.26.